The number of benzene rings is 1. The maximum Gasteiger partial charge on any atom is 0.255 e. The quantitative estimate of drug-likeness (QED) is 0.849. The highest BCUT2D eigenvalue weighted by atomic mass is 16.2. The van der Waals surface area contributed by atoms with Crippen molar-refractivity contribution in [2.24, 2.45) is 0 Å². The summed E-state index contributed by atoms with van der Waals surface area (Å²) in [5.74, 6) is 5.61. The summed E-state index contributed by atoms with van der Waals surface area (Å²) in [5, 5.41) is 11.5. The number of amides is 1. The third-order valence-electron chi connectivity index (χ3n) is 2.75. The fraction of sp³-hybridized carbons (Fsp3) is 0.176. The molecule has 0 saturated carbocycles. The number of rotatable bonds is 3. The number of hydrogen-bond acceptors (Lipinski definition) is 3. The van der Waals surface area contributed by atoms with Crippen molar-refractivity contribution >= 4 is 11.6 Å². The number of aryl methyl sites for hydroxylation is 1. The van der Waals surface area contributed by atoms with Gasteiger partial charge in [0.1, 0.15) is 0 Å². The van der Waals surface area contributed by atoms with Crippen LogP contribution in [-0.2, 0) is 0 Å². The van der Waals surface area contributed by atoms with Crippen LogP contribution in [0.25, 0.3) is 0 Å². The molecule has 0 fully saturated rings. The SMILES string of the molecule is Cc1cc(C#CCCO)cc(C(=O)Nc2ccncc2)c1. The maximum absolute atomic E-state index is 12.2. The summed E-state index contributed by atoms with van der Waals surface area (Å²) in [7, 11) is 0. The summed E-state index contributed by atoms with van der Waals surface area (Å²) in [6.07, 6.45) is 3.67. The Morgan fingerprint density at radius 3 is 2.76 bits per heavy atom. The monoisotopic (exact) mass is 280 g/mol. The van der Waals surface area contributed by atoms with E-state index in [9.17, 15) is 4.79 Å². The van der Waals surface area contributed by atoms with Gasteiger partial charge < -0.3 is 10.4 Å². The highest BCUT2D eigenvalue weighted by Crippen LogP contribution is 2.12. The number of nitrogens with one attached hydrogen (secondary N) is 1. The number of aliphatic hydroxyl groups excluding tert-OH is 1. The average Bonchev–Trinajstić information content (AvgIpc) is 2.48. The zero-order valence-corrected chi connectivity index (χ0v) is 11.8. The van der Waals surface area contributed by atoms with Crippen LogP contribution in [-0.4, -0.2) is 22.6 Å². The van der Waals surface area contributed by atoms with Crippen LogP contribution in [0.2, 0.25) is 0 Å². The van der Waals surface area contributed by atoms with E-state index in [0.717, 1.165) is 11.1 Å². The number of carbonyl (C=O) groups excluding carboxylic acids is 1. The first kappa shape index (κ1) is 14.8. The third-order valence-corrected chi connectivity index (χ3v) is 2.75. The summed E-state index contributed by atoms with van der Waals surface area (Å²) in [6, 6.07) is 8.93. The fourth-order valence-corrected chi connectivity index (χ4v) is 1.85. The van der Waals surface area contributed by atoms with E-state index >= 15 is 0 Å². The molecule has 4 nitrogen and oxygen atoms in total. The van der Waals surface area contributed by atoms with Crippen LogP contribution in [0.3, 0.4) is 0 Å². The Bertz CT molecular complexity index is 685. The van der Waals surface area contributed by atoms with E-state index in [4.69, 9.17) is 5.11 Å². The summed E-state index contributed by atoms with van der Waals surface area (Å²) in [6.45, 7) is 1.95. The molecule has 1 aromatic heterocycles. The Morgan fingerprint density at radius 2 is 2.05 bits per heavy atom. The lowest BCUT2D eigenvalue weighted by atomic mass is 10.1. The molecule has 0 atom stereocenters. The number of aliphatic hydroxyl groups is 1. The molecule has 0 aliphatic heterocycles. The van der Waals surface area contributed by atoms with Crippen molar-refractivity contribution in [1.29, 1.82) is 0 Å². The summed E-state index contributed by atoms with van der Waals surface area (Å²) >= 11 is 0. The van der Waals surface area contributed by atoms with Gasteiger partial charge in [0.2, 0.25) is 0 Å². The molecular weight excluding hydrogens is 264 g/mol. The van der Waals surface area contributed by atoms with Crippen molar-refractivity contribution in [3.05, 3.63) is 59.4 Å². The van der Waals surface area contributed by atoms with Crippen LogP contribution in [0.1, 0.15) is 27.9 Å². The van der Waals surface area contributed by atoms with E-state index in [0.29, 0.717) is 17.7 Å². The Kier molecular flexibility index (Phi) is 5.08. The lowest BCUT2D eigenvalue weighted by Crippen LogP contribution is -2.12. The van der Waals surface area contributed by atoms with E-state index in [1.165, 1.54) is 0 Å². The number of hydrogen-bond donors (Lipinski definition) is 2. The van der Waals surface area contributed by atoms with Crippen LogP contribution >= 0.6 is 0 Å². The van der Waals surface area contributed by atoms with Crippen LogP contribution in [0, 0.1) is 18.8 Å². The molecule has 2 rings (SSSR count). The molecule has 0 unspecified atom stereocenters. The molecule has 21 heavy (non-hydrogen) atoms. The molecule has 0 aliphatic rings. The van der Waals surface area contributed by atoms with Crippen molar-refractivity contribution < 1.29 is 9.90 Å². The summed E-state index contributed by atoms with van der Waals surface area (Å²) in [4.78, 5) is 16.1. The van der Waals surface area contributed by atoms with Gasteiger partial charge in [-0.25, -0.2) is 0 Å². The molecule has 2 N–H and O–H groups in total. The third kappa shape index (κ3) is 4.44. The topological polar surface area (TPSA) is 62.2 Å². The van der Waals surface area contributed by atoms with Crippen LogP contribution in [0.15, 0.2) is 42.7 Å². The van der Waals surface area contributed by atoms with Crippen molar-refractivity contribution in [3.63, 3.8) is 0 Å². The van der Waals surface area contributed by atoms with Gasteiger partial charge in [0, 0.05) is 35.6 Å². The van der Waals surface area contributed by atoms with Crippen LogP contribution in [0.5, 0.6) is 0 Å². The fourth-order valence-electron chi connectivity index (χ4n) is 1.85. The molecule has 1 heterocycles. The lowest BCUT2D eigenvalue weighted by molar-refractivity contribution is 0.102. The van der Waals surface area contributed by atoms with Gasteiger partial charge in [-0.2, -0.15) is 0 Å². The molecular formula is C17H16N2O2. The molecule has 1 amide bonds. The molecule has 0 radical (unpaired) electrons. The van der Waals surface area contributed by atoms with Crippen molar-refractivity contribution in [3.8, 4) is 11.8 Å². The molecule has 1 aromatic carbocycles. The molecule has 2 aromatic rings. The maximum atomic E-state index is 12.2. The second-order valence-electron chi connectivity index (χ2n) is 4.55. The minimum atomic E-state index is -0.185. The van der Waals surface area contributed by atoms with Gasteiger partial charge in [0.15, 0.2) is 0 Å². The number of pyridine rings is 1. The number of anilines is 1. The number of aromatic nitrogens is 1. The Labute approximate surface area is 123 Å². The van der Waals surface area contributed by atoms with Crippen molar-refractivity contribution in [2.75, 3.05) is 11.9 Å². The van der Waals surface area contributed by atoms with E-state index in [2.05, 4.69) is 22.1 Å². The molecule has 0 bridgehead atoms. The normalized spacial score (nSPS) is 9.62. The Balaban J connectivity index is 2.19. The lowest BCUT2D eigenvalue weighted by Gasteiger charge is -2.06. The van der Waals surface area contributed by atoms with Gasteiger partial charge in [0.05, 0.1) is 6.61 Å². The summed E-state index contributed by atoms with van der Waals surface area (Å²) in [5.41, 5.74) is 2.98. The summed E-state index contributed by atoms with van der Waals surface area (Å²) < 4.78 is 0. The van der Waals surface area contributed by atoms with Gasteiger partial charge in [-0.3, -0.25) is 9.78 Å². The second-order valence-corrected chi connectivity index (χ2v) is 4.55. The minimum Gasteiger partial charge on any atom is -0.395 e. The number of nitrogens with zero attached hydrogens (tertiary/aromatic N) is 1. The largest absolute Gasteiger partial charge is 0.395 e. The standard InChI is InChI=1S/C17H16N2O2/c1-13-10-14(4-2-3-9-20)12-15(11-13)17(21)19-16-5-7-18-8-6-16/h5-8,10-12,20H,3,9H2,1H3,(H,18,19,21). The Morgan fingerprint density at radius 1 is 1.29 bits per heavy atom. The minimum absolute atomic E-state index is 0.0359. The first-order valence-electron chi connectivity index (χ1n) is 6.62. The second kappa shape index (κ2) is 7.22. The van der Waals surface area contributed by atoms with Gasteiger partial charge >= 0.3 is 0 Å². The highest BCUT2D eigenvalue weighted by molar-refractivity contribution is 6.04. The Hall–Kier alpha value is -2.64. The van der Waals surface area contributed by atoms with Crippen LogP contribution < -0.4 is 5.32 Å². The first-order chi connectivity index (χ1) is 10.2. The van der Waals surface area contributed by atoms with Gasteiger partial charge in [-0.15, -0.1) is 0 Å². The molecule has 106 valence electrons. The van der Waals surface area contributed by atoms with E-state index in [1.54, 1.807) is 30.6 Å². The zero-order valence-electron chi connectivity index (χ0n) is 11.8. The van der Waals surface area contributed by atoms with E-state index < -0.39 is 0 Å². The van der Waals surface area contributed by atoms with E-state index in [1.807, 2.05) is 19.1 Å². The first-order valence-corrected chi connectivity index (χ1v) is 6.62. The molecule has 0 spiro atoms. The van der Waals surface area contributed by atoms with Crippen molar-refractivity contribution in [2.45, 2.75) is 13.3 Å². The predicted molar refractivity (Wildman–Crippen MR) is 82.0 cm³/mol. The smallest absolute Gasteiger partial charge is 0.255 e. The molecule has 0 aliphatic carbocycles. The zero-order chi connectivity index (χ0) is 15.1. The van der Waals surface area contributed by atoms with Gasteiger partial charge in [-0.05, 0) is 42.8 Å². The van der Waals surface area contributed by atoms with E-state index in [-0.39, 0.29) is 12.5 Å². The predicted octanol–water partition coefficient (Wildman–Crippen LogP) is 2.38. The van der Waals surface area contributed by atoms with Crippen LogP contribution in [0.4, 0.5) is 5.69 Å². The highest BCUT2D eigenvalue weighted by Gasteiger charge is 2.07. The molecule has 4 heteroatoms. The van der Waals surface area contributed by atoms with Gasteiger partial charge in [-0.1, -0.05) is 11.8 Å². The average molecular weight is 280 g/mol. The molecule has 0 saturated heterocycles. The van der Waals surface area contributed by atoms with Crippen molar-refractivity contribution in [1.82, 2.24) is 4.98 Å². The van der Waals surface area contributed by atoms with Gasteiger partial charge in [0.25, 0.3) is 5.91 Å². The number of carbonyl (C=O) groups is 1.